The number of ketones is 1. The van der Waals surface area contributed by atoms with Gasteiger partial charge in [0.15, 0.2) is 29.6 Å². The lowest BCUT2D eigenvalue weighted by molar-refractivity contribution is 0.0920. The van der Waals surface area contributed by atoms with Gasteiger partial charge in [-0.25, -0.2) is 0 Å². The first-order valence-electron chi connectivity index (χ1n) is 11.7. The molecule has 6 nitrogen and oxygen atoms in total. The van der Waals surface area contributed by atoms with Crippen LogP contribution in [0.4, 0.5) is 0 Å². The van der Waals surface area contributed by atoms with Crippen LogP contribution in [0, 0.1) is 0 Å². The molecule has 184 valence electrons. The number of hydrogen-bond acceptors (Lipinski definition) is 6. The van der Waals surface area contributed by atoms with Gasteiger partial charge in [-0.3, -0.25) is 9.59 Å². The number of ether oxygens (including phenoxy) is 3. The third-order valence-electron chi connectivity index (χ3n) is 6.06. The summed E-state index contributed by atoms with van der Waals surface area (Å²) in [5, 5.41) is 0.362. The Morgan fingerprint density at radius 3 is 2.11 bits per heavy atom. The third-order valence-corrected chi connectivity index (χ3v) is 6.06. The number of benzene rings is 4. The Balaban J connectivity index is 1.47. The summed E-state index contributed by atoms with van der Waals surface area (Å²) in [7, 11) is 3.07. The number of fused-ring (bicyclic) bond motifs is 1. The summed E-state index contributed by atoms with van der Waals surface area (Å²) in [6.07, 6.45) is 0. The van der Waals surface area contributed by atoms with Crippen molar-refractivity contribution in [2.24, 2.45) is 0 Å². The normalized spacial score (nSPS) is 10.8. The highest BCUT2D eigenvalue weighted by molar-refractivity contribution is 5.97. The van der Waals surface area contributed by atoms with Crippen LogP contribution < -0.4 is 19.6 Å². The van der Waals surface area contributed by atoms with Crippen LogP contribution in [0.3, 0.4) is 0 Å². The minimum Gasteiger partial charge on any atom is -0.493 e. The SMILES string of the molecule is COc1ccc(-c2oc3ccccc3c(=O)c2OCC(=O)c2ccc(-c3ccccc3)cc2)cc1OC. The van der Waals surface area contributed by atoms with E-state index in [-0.39, 0.29) is 29.3 Å². The second-order valence-corrected chi connectivity index (χ2v) is 8.31. The number of para-hydroxylation sites is 1. The standard InChI is InChI=1S/C31H24O6/c1-34-27-17-16-23(18-28(27)35-2)30-31(29(33)24-10-6-7-11-26(24)37-30)36-19-25(32)22-14-12-21(13-15-22)20-8-4-3-5-9-20/h3-18H,19H2,1-2H3. The van der Waals surface area contributed by atoms with Crippen LogP contribution in [0.5, 0.6) is 17.2 Å². The van der Waals surface area contributed by atoms with Gasteiger partial charge in [0.25, 0.3) is 0 Å². The van der Waals surface area contributed by atoms with Gasteiger partial charge >= 0.3 is 0 Å². The van der Waals surface area contributed by atoms with Gasteiger partial charge in [0.2, 0.25) is 11.2 Å². The molecule has 6 heteroatoms. The maximum atomic E-state index is 13.4. The predicted molar refractivity (Wildman–Crippen MR) is 143 cm³/mol. The van der Waals surface area contributed by atoms with Crippen LogP contribution in [0.1, 0.15) is 10.4 Å². The zero-order valence-corrected chi connectivity index (χ0v) is 20.4. The molecular weight excluding hydrogens is 468 g/mol. The average Bonchev–Trinajstić information content (AvgIpc) is 2.96. The molecular formula is C31H24O6. The minimum atomic E-state index is -0.362. The smallest absolute Gasteiger partial charge is 0.235 e. The van der Waals surface area contributed by atoms with Crippen molar-refractivity contribution in [3.63, 3.8) is 0 Å². The number of hydrogen-bond donors (Lipinski definition) is 0. The first-order chi connectivity index (χ1) is 18.1. The molecule has 0 N–H and O–H groups in total. The van der Waals surface area contributed by atoms with Crippen LogP contribution in [0.15, 0.2) is 106 Å². The molecule has 1 aromatic heterocycles. The Hall–Kier alpha value is -4.84. The molecule has 5 rings (SSSR count). The van der Waals surface area contributed by atoms with Gasteiger partial charge in [0, 0.05) is 11.1 Å². The highest BCUT2D eigenvalue weighted by Gasteiger charge is 2.20. The van der Waals surface area contributed by atoms with Crippen molar-refractivity contribution in [1.82, 2.24) is 0 Å². The molecule has 0 fully saturated rings. The predicted octanol–water partition coefficient (Wildman–Crippen LogP) is 6.41. The van der Waals surface area contributed by atoms with E-state index >= 15 is 0 Å². The van der Waals surface area contributed by atoms with Crippen LogP contribution in [-0.2, 0) is 0 Å². The van der Waals surface area contributed by atoms with E-state index in [1.165, 1.54) is 7.11 Å². The lowest BCUT2D eigenvalue weighted by Gasteiger charge is -2.13. The minimum absolute atomic E-state index is 0.0415. The molecule has 4 aromatic carbocycles. The molecule has 5 aromatic rings. The van der Waals surface area contributed by atoms with E-state index in [1.807, 2.05) is 42.5 Å². The number of Topliss-reactive ketones (excluding diaryl/α,β-unsaturated/α-hetero) is 1. The van der Waals surface area contributed by atoms with Gasteiger partial charge in [-0.15, -0.1) is 0 Å². The fourth-order valence-corrected chi connectivity index (χ4v) is 4.12. The van der Waals surface area contributed by atoms with Crippen molar-refractivity contribution in [3.05, 3.63) is 113 Å². The van der Waals surface area contributed by atoms with Crippen molar-refractivity contribution in [2.45, 2.75) is 0 Å². The fourth-order valence-electron chi connectivity index (χ4n) is 4.12. The molecule has 0 aliphatic heterocycles. The number of carbonyl (C=O) groups is 1. The van der Waals surface area contributed by atoms with Gasteiger partial charge in [-0.05, 0) is 41.5 Å². The van der Waals surface area contributed by atoms with E-state index < -0.39 is 0 Å². The highest BCUT2D eigenvalue weighted by atomic mass is 16.5. The second-order valence-electron chi connectivity index (χ2n) is 8.31. The third kappa shape index (κ3) is 4.82. The van der Waals surface area contributed by atoms with Gasteiger partial charge in [0.05, 0.1) is 19.6 Å². The average molecular weight is 493 g/mol. The first kappa shape index (κ1) is 23.9. The van der Waals surface area contributed by atoms with E-state index in [2.05, 4.69) is 0 Å². The van der Waals surface area contributed by atoms with Crippen LogP contribution in [0.2, 0.25) is 0 Å². The molecule has 0 aliphatic carbocycles. The van der Waals surface area contributed by atoms with Gasteiger partial charge in [0.1, 0.15) is 5.58 Å². The number of carbonyl (C=O) groups excluding carboxylic acids is 1. The zero-order valence-electron chi connectivity index (χ0n) is 20.4. The summed E-state index contributed by atoms with van der Waals surface area (Å²) in [6, 6.07) is 29.3. The second kappa shape index (κ2) is 10.4. The van der Waals surface area contributed by atoms with Crippen molar-refractivity contribution in [2.75, 3.05) is 20.8 Å². The summed E-state index contributed by atoms with van der Waals surface area (Å²) in [6.45, 7) is -0.325. The molecule has 0 saturated heterocycles. The Morgan fingerprint density at radius 1 is 0.730 bits per heavy atom. The molecule has 0 unspecified atom stereocenters. The van der Waals surface area contributed by atoms with E-state index in [0.29, 0.717) is 33.6 Å². The van der Waals surface area contributed by atoms with E-state index in [0.717, 1.165) is 11.1 Å². The Labute approximate surface area is 213 Å². The molecule has 0 saturated carbocycles. The van der Waals surface area contributed by atoms with E-state index in [9.17, 15) is 9.59 Å². The van der Waals surface area contributed by atoms with Crippen LogP contribution in [0.25, 0.3) is 33.4 Å². The van der Waals surface area contributed by atoms with Crippen molar-refractivity contribution in [3.8, 4) is 39.7 Å². The summed E-state index contributed by atoms with van der Waals surface area (Å²) < 4.78 is 22.7. The maximum Gasteiger partial charge on any atom is 0.235 e. The maximum absolute atomic E-state index is 13.4. The largest absolute Gasteiger partial charge is 0.493 e. The molecule has 0 bridgehead atoms. The highest BCUT2D eigenvalue weighted by Crippen LogP contribution is 2.36. The number of methoxy groups -OCH3 is 2. The van der Waals surface area contributed by atoms with Crippen molar-refractivity contribution in [1.29, 1.82) is 0 Å². The van der Waals surface area contributed by atoms with E-state index in [1.54, 1.807) is 61.7 Å². The van der Waals surface area contributed by atoms with Gasteiger partial charge < -0.3 is 18.6 Å². The Bertz CT molecular complexity index is 1620. The molecule has 0 radical (unpaired) electrons. The monoisotopic (exact) mass is 492 g/mol. The van der Waals surface area contributed by atoms with Gasteiger partial charge in [-0.2, -0.15) is 0 Å². The van der Waals surface area contributed by atoms with Gasteiger partial charge in [-0.1, -0.05) is 66.7 Å². The molecule has 0 spiro atoms. The summed E-state index contributed by atoms with van der Waals surface area (Å²) in [4.78, 5) is 26.4. The summed E-state index contributed by atoms with van der Waals surface area (Å²) >= 11 is 0. The lowest BCUT2D eigenvalue weighted by Crippen LogP contribution is -2.17. The zero-order chi connectivity index (χ0) is 25.8. The molecule has 0 amide bonds. The van der Waals surface area contributed by atoms with Crippen molar-refractivity contribution >= 4 is 16.8 Å². The molecule has 1 heterocycles. The lowest BCUT2D eigenvalue weighted by atomic mass is 10.0. The molecule has 37 heavy (non-hydrogen) atoms. The number of rotatable bonds is 8. The first-order valence-corrected chi connectivity index (χ1v) is 11.7. The van der Waals surface area contributed by atoms with Crippen LogP contribution in [-0.4, -0.2) is 26.6 Å². The fraction of sp³-hybridized carbons (Fsp3) is 0.0968. The Kier molecular flexibility index (Phi) is 6.72. The summed E-state index contributed by atoms with van der Waals surface area (Å²) in [5.74, 6) is 0.907. The van der Waals surface area contributed by atoms with Crippen LogP contribution >= 0.6 is 0 Å². The Morgan fingerprint density at radius 2 is 1.38 bits per heavy atom. The topological polar surface area (TPSA) is 75.0 Å². The summed E-state index contributed by atoms with van der Waals surface area (Å²) in [5.41, 5.74) is 3.15. The van der Waals surface area contributed by atoms with E-state index in [4.69, 9.17) is 18.6 Å². The molecule has 0 atom stereocenters. The van der Waals surface area contributed by atoms with Crippen molar-refractivity contribution < 1.29 is 23.4 Å². The quantitative estimate of drug-likeness (QED) is 0.233. The molecule has 0 aliphatic rings.